The summed E-state index contributed by atoms with van der Waals surface area (Å²) >= 11 is 0. The molecule has 2 aliphatic heterocycles. The third-order valence-corrected chi connectivity index (χ3v) is 9.78. The van der Waals surface area contributed by atoms with Crippen molar-refractivity contribution in [2.75, 3.05) is 54.6 Å². The van der Waals surface area contributed by atoms with Crippen molar-refractivity contribution < 1.29 is 68.0 Å². The molecule has 2 aromatic heterocycles. The zero-order chi connectivity index (χ0) is 42.4. The summed E-state index contributed by atoms with van der Waals surface area (Å²) in [7, 11) is 5.88. The topological polar surface area (TPSA) is 156 Å². The number of esters is 2. The zero-order valence-corrected chi connectivity index (χ0v) is 38.0. The van der Waals surface area contributed by atoms with E-state index in [4.69, 9.17) is 28.4 Å². The van der Waals surface area contributed by atoms with Gasteiger partial charge in [0.15, 0.2) is 0 Å². The molecule has 6 rings (SSSR count). The standard InChI is InChI=1S/C22H28N2O5.C22H26N2O5.CH3.Pd/c2*1-22(2,3)29-21(26)24-10-8-14(9-11-24)15-6-7-19(27-4)17-13-23-18(12-16(15)17)20(25)28-5;;/h6-7,12-14H,8-11H2,1-5H3;6-8,12-13H,9-11H2,1-5H3;1H3;/q;;-1;. The smallest absolute Gasteiger partial charge is 0.410 e. The second-order valence-electron chi connectivity index (χ2n) is 16.0. The molecule has 328 valence electrons. The van der Waals surface area contributed by atoms with Crippen LogP contribution in [0.3, 0.4) is 0 Å². The number of rotatable bonds is 6. The van der Waals surface area contributed by atoms with Gasteiger partial charge in [-0.2, -0.15) is 0 Å². The molecule has 15 heteroatoms. The minimum atomic E-state index is -0.523. The largest absolute Gasteiger partial charge is 0.496 e. The number of nitrogens with zero attached hydrogens (tertiary/aromatic N) is 4. The number of carbonyl (C=O) groups excluding carboxylic acids is 4. The molecule has 14 nitrogen and oxygen atoms in total. The van der Waals surface area contributed by atoms with Gasteiger partial charge in [0.25, 0.3) is 0 Å². The van der Waals surface area contributed by atoms with Crippen LogP contribution in [0.1, 0.15) is 98.8 Å². The Hall–Kier alpha value is -5.26. The molecule has 0 bridgehead atoms. The van der Waals surface area contributed by atoms with Crippen LogP contribution >= 0.6 is 0 Å². The molecule has 4 aromatic rings. The van der Waals surface area contributed by atoms with Crippen LogP contribution in [0.4, 0.5) is 9.59 Å². The number of pyridine rings is 2. The van der Waals surface area contributed by atoms with E-state index < -0.39 is 23.1 Å². The minimum absolute atomic E-state index is 0. The molecule has 0 atom stereocenters. The number of ether oxygens (including phenoxy) is 6. The summed E-state index contributed by atoms with van der Waals surface area (Å²) in [6, 6.07) is 11.3. The Bertz CT molecular complexity index is 2200. The van der Waals surface area contributed by atoms with E-state index >= 15 is 0 Å². The molecule has 60 heavy (non-hydrogen) atoms. The number of benzene rings is 2. The molecule has 1 saturated heterocycles. The maximum atomic E-state index is 12.3. The van der Waals surface area contributed by atoms with Gasteiger partial charge in [0, 0.05) is 69.8 Å². The maximum Gasteiger partial charge on any atom is 0.410 e. The second kappa shape index (κ2) is 20.8. The van der Waals surface area contributed by atoms with Crippen molar-refractivity contribution in [3.8, 4) is 11.5 Å². The molecule has 2 aliphatic rings. The predicted octanol–water partition coefficient (Wildman–Crippen LogP) is 8.65. The van der Waals surface area contributed by atoms with Gasteiger partial charge in [-0.3, -0.25) is 0 Å². The zero-order valence-electron chi connectivity index (χ0n) is 36.4. The average Bonchev–Trinajstić information content (AvgIpc) is 3.21. The molecular weight excluding hydrogens is 863 g/mol. The number of carbonyl (C=O) groups is 4. The fourth-order valence-electron chi connectivity index (χ4n) is 6.98. The van der Waals surface area contributed by atoms with Gasteiger partial charge in [-0.1, -0.05) is 18.2 Å². The Labute approximate surface area is 366 Å². The van der Waals surface area contributed by atoms with Crippen LogP contribution < -0.4 is 9.47 Å². The van der Waals surface area contributed by atoms with Crippen LogP contribution in [0.15, 0.2) is 54.9 Å². The molecule has 0 unspecified atom stereocenters. The van der Waals surface area contributed by atoms with Gasteiger partial charge < -0.3 is 45.6 Å². The summed E-state index contributed by atoms with van der Waals surface area (Å²) in [5.41, 5.74) is 2.68. The van der Waals surface area contributed by atoms with Crippen LogP contribution in [0.5, 0.6) is 11.5 Å². The Morgan fingerprint density at radius 3 is 1.60 bits per heavy atom. The third kappa shape index (κ3) is 11.9. The van der Waals surface area contributed by atoms with Gasteiger partial charge in [0.2, 0.25) is 0 Å². The van der Waals surface area contributed by atoms with Gasteiger partial charge >= 0.3 is 24.1 Å². The van der Waals surface area contributed by atoms with Crippen LogP contribution in [-0.4, -0.2) is 110 Å². The van der Waals surface area contributed by atoms with Crippen LogP contribution in [0.25, 0.3) is 27.1 Å². The SMILES string of the molecule is COC(=O)c1cc2c(C3=CCN(C(=O)OC(C)(C)C)CC3)ccc(OC)c2cn1.COC(=O)c1cc2c(C3CCN(C(=O)OC(C)(C)C)CC3)ccc(OC)c2cn1.[CH3-].[Pd]. The number of methoxy groups -OCH3 is 4. The van der Waals surface area contributed by atoms with E-state index in [-0.39, 0.29) is 57.3 Å². The summed E-state index contributed by atoms with van der Waals surface area (Å²) < 4.78 is 31.5. The van der Waals surface area contributed by atoms with Crippen molar-refractivity contribution in [2.24, 2.45) is 0 Å². The van der Waals surface area contributed by atoms with E-state index in [1.807, 2.05) is 71.9 Å². The monoisotopic (exact) mass is 919 g/mol. The molecule has 0 saturated carbocycles. The summed E-state index contributed by atoms with van der Waals surface area (Å²) in [6.07, 6.45) is 7.02. The van der Waals surface area contributed by atoms with E-state index in [0.717, 1.165) is 51.1 Å². The van der Waals surface area contributed by atoms with Gasteiger partial charge in [-0.05, 0) is 118 Å². The third-order valence-electron chi connectivity index (χ3n) is 9.78. The van der Waals surface area contributed by atoms with E-state index in [2.05, 4.69) is 9.97 Å². The Kier molecular flexibility index (Phi) is 17.0. The van der Waals surface area contributed by atoms with Crippen LogP contribution in [0, 0.1) is 7.43 Å². The molecule has 1 fully saturated rings. The number of hydrogen-bond acceptors (Lipinski definition) is 12. The van der Waals surface area contributed by atoms with E-state index in [1.165, 1.54) is 14.2 Å². The molecular formula is C45H57N4O10Pd-. The van der Waals surface area contributed by atoms with Gasteiger partial charge in [-0.25, -0.2) is 29.1 Å². The first-order chi connectivity index (χ1) is 27.5. The molecule has 0 radical (unpaired) electrons. The van der Waals surface area contributed by atoms with Crippen LogP contribution in [0.2, 0.25) is 0 Å². The molecule has 0 aliphatic carbocycles. The normalized spacial score (nSPS) is 14.3. The van der Waals surface area contributed by atoms with E-state index in [0.29, 0.717) is 44.1 Å². The predicted molar refractivity (Wildman–Crippen MR) is 226 cm³/mol. The summed E-state index contributed by atoms with van der Waals surface area (Å²) in [5, 5.41) is 3.45. The number of aromatic nitrogens is 2. The first kappa shape index (κ1) is 49.1. The first-order valence-corrected chi connectivity index (χ1v) is 19.2. The molecule has 2 aromatic carbocycles. The summed E-state index contributed by atoms with van der Waals surface area (Å²) in [5.74, 6) is 0.683. The fraction of sp³-hybridized carbons (Fsp3) is 0.444. The van der Waals surface area contributed by atoms with Gasteiger partial charge in [0.1, 0.15) is 34.1 Å². The van der Waals surface area contributed by atoms with E-state index in [9.17, 15) is 19.2 Å². The van der Waals surface area contributed by atoms with Crippen molar-refractivity contribution in [1.29, 1.82) is 0 Å². The van der Waals surface area contributed by atoms with Gasteiger partial charge in [0.05, 0.1) is 28.4 Å². The van der Waals surface area contributed by atoms with Crippen molar-refractivity contribution in [3.05, 3.63) is 84.8 Å². The molecule has 0 spiro atoms. The number of piperidine rings is 1. The Morgan fingerprint density at radius 1 is 0.650 bits per heavy atom. The quantitative estimate of drug-likeness (QED) is 0.0787. The number of amides is 2. The van der Waals surface area contributed by atoms with Gasteiger partial charge in [-0.15, -0.1) is 0 Å². The second-order valence-corrected chi connectivity index (χ2v) is 16.0. The average molecular weight is 920 g/mol. The Morgan fingerprint density at radius 2 is 1.13 bits per heavy atom. The summed E-state index contributed by atoms with van der Waals surface area (Å²) in [6.45, 7) is 13.4. The minimum Gasteiger partial charge on any atom is -0.496 e. The van der Waals surface area contributed by atoms with Crippen molar-refractivity contribution >= 4 is 51.2 Å². The molecule has 2 amide bonds. The van der Waals surface area contributed by atoms with Crippen molar-refractivity contribution in [3.63, 3.8) is 0 Å². The molecule has 4 heterocycles. The number of likely N-dealkylation sites (tertiary alicyclic amines) is 1. The Balaban J connectivity index is 0.000000310. The summed E-state index contributed by atoms with van der Waals surface area (Å²) in [4.78, 5) is 60.4. The maximum absolute atomic E-state index is 12.3. The first-order valence-electron chi connectivity index (χ1n) is 19.2. The molecule has 0 N–H and O–H groups in total. The number of fused-ring (bicyclic) bond motifs is 2. The van der Waals surface area contributed by atoms with Crippen molar-refractivity contribution in [2.45, 2.75) is 77.9 Å². The number of hydrogen-bond donors (Lipinski definition) is 0. The van der Waals surface area contributed by atoms with Crippen molar-refractivity contribution in [1.82, 2.24) is 19.8 Å². The fourth-order valence-corrected chi connectivity index (χ4v) is 6.98. The van der Waals surface area contributed by atoms with Crippen LogP contribution in [-0.2, 0) is 39.4 Å². The van der Waals surface area contributed by atoms with E-state index in [1.54, 1.807) is 48.5 Å².